The molecule has 0 aromatic heterocycles. The van der Waals surface area contributed by atoms with Gasteiger partial charge in [0.15, 0.2) is 34.9 Å². The molecule has 0 saturated carbocycles. The first-order valence-corrected chi connectivity index (χ1v) is 20.8. The van der Waals surface area contributed by atoms with Crippen LogP contribution in [0.4, 0.5) is 43.9 Å². The van der Waals surface area contributed by atoms with Gasteiger partial charge in [-0.1, -0.05) is 82.7 Å². The average Bonchev–Trinajstić information content (AvgIpc) is 3.18. The fraction of sp³-hybridized carbons (Fsp3) is 0.217. The zero-order valence-corrected chi connectivity index (χ0v) is 33.3. The molecule has 0 nitrogen and oxygen atoms in total. The highest BCUT2D eigenvalue weighted by atomic mass is 31.2. The number of hydrogen-bond acceptors (Lipinski definition) is 0. The predicted octanol–water partition coefficient (Wildman–Crippen LogP) is 9.75. The Morgan fingerprint density at radius 1 is 0.431 bits per heavy atom. The second-order valence-electron chi connectivity index (χ2n) is 15.9. The summed E-state index contributed by atoms with van der Waals surface area (Å²) in [5, 5.41) is 0.988. The molecule has 2 aliphatic rings. The Balaban J connectivity index is 1.83. The summed E-state index contributed by atoms with van der Waals surface area (Å²) >= 11 is 0. The first kappa shape index (κ1) is 39.9. The minimum atomic E-state index is -4.44. The fourth-order valence-electron chi connectivity index (χ4n) is 10.9. The molecular formula is C46H36BF10P. The monoisotopic (exact) mass is 820 g/mol. The molecule has 0 bridgehead atoms. The standard InChI is InChI=1S/C46H36BF10P/c1-21-16-23(3)44(24(4)17-21)58(45-25(5)18-22(2)19-26(45)6)46-29-15-11-10-14-28(29)30(27-12-8-7-9-13-27)20-31(46)47(58,32-34(48)38(52)42(56)39(53)35(32)49)33-36(50)40(54)43(57)41(55)37(33)51/h7-9,12-13,16-20H,10-11,14-15H2,1-6H3. The van der Waals surface area contributed by atoms with Gasteiger partial charge in [0.05, 0.1) is 10.6 Å². The quantitative estimate of drug-likeness (QED) is 0.0535. The number of benzene rings is 6. The topological polar surface area (TPSA) is 0 Å². The van der Waals surface area contributed by atoms with Crippen LogP contribution in [0.1, 0.15) is 57.3 Å². The Kier molecular flexibility index (Phi) is 9.54. The van der Waals surface area contributed by atoms with Crippen LogP contribution in [0, 0.1) is 99.7 Å². The van der Waals surface area contributed by atoms with Gasteiger partial charge in [-0.25, -0.2) is 43.9 Å². The van der Waals surface area contributed by atoms with E-state index in [2.05, 4.69) is 0 Å². The smallest absolute Gasteiger partial charge is 0.207 e. The lowest BCUT2D eigenvalue weighted by atomic mass is 9.32. The van der Waals surface area contributed by atoms with Crippen molar-refractivity contribution in [3.63, 3.8) is 0 Å². The maximum atomic E-state index is 17.3. The Morgan fingerprint density at radius 3 is 1.19 bits per heavy atom. The van der Waals surface area contributed by atoms with Gasteiger partial charge >= 0.3 is 0 Å². The molecule has 0 atom stereocenters. The summed E-state index contributed by atoms with van der Waals surface area (Å²) in [5.41, 5.74) is 2.27. The second-order valence-corrected chi connectivity index (χ2v) is 19.5. The Morgan fingerprint density at radius 2 is 0.793 bits per heavy atom. The van der Waals surface area contributed by atoms with Crippen molar-refractivity contribution in [2.75, 3.05) is 0 Å². The maximum absolute atomic E-state index is 17.3. The van der Waals surface area contributed by atoms with E-state index in [-0.39, 0.29) is 5.46 Å². The molecule has 8 rings (SSSR count). The molecule has 0 fully saturated rings. The molecule has 1 aliphatic carbocycles. The van der Waals surface area contributed by atoms with Crippen molar-refractivity contribution in [2.45, 2.75) is 67.2 Å². The van der Waals surface area contributed by atoms with E-state index in [0.717, 1.165) is 23.1 Å². The molecule has 0 unspecified atom stereocenters. The normalized spacial score (nSPS) is 15.2. The zero-order chi connectivity index (χ0) is 41.9. The third-order valence-corrected chi connectivity index (χ3v) is 18.4. The van der Waals surface area contributed by atoms with Crippen LogP contribution < -0.4 is 32.3 Å². The molecule has 6 aromatic rings. The molecular weight excluding hydrogens is 784 g/mol. The minimum Gasteiger partial charge on any atom is -0.207 e. The van der Waals surface area contributed by atoms with Crippen molar-refractivity contribution in [3.05, 3.63) is 163 Å². The van der Waals surface area contributed by atoms with E-state index in [1.807, 2.05) is 0 Å². The first-order valence-electron chi connectivity index (χ1n) is 18.9. The fourth-order valence-corrected chi connectivity index (χ4v) is 18.2. The Bertz CT molecular complexity index is 2530. The number of rotatable bonds is 5. The van der Waals surface area contributed by atoms with E-state index in [1.54, 1.807) is 96.1 Å². The SMILES string of the molecule is Cc1cc(C)c([P+]2(c3c(C)cc(C)cc3C)c3c(cc(-c4ccccc4)c4c3CCCC4)[B-]2(c2c(F)c(F)c(F)c(F)c2F)c2c(F)c(F)c(F)c(F)c2F)c(C)c1. The lowest BCUT2D eigenvalue weighted by Gasteiger charge is -2.63. The molecule has 0 saturated heterocycles. The molecule has 0 N–H and O–H groups in total. The predicted molar refractivity (Wildman–Crippen MR) is 213 cm³/mol. The Hall–Kier alpha value is -4.89. The largest absolute Gasteiger partial charge is 0.277 e. The summed E-state index contributed by atoms with van der Waals surface area (Å²) in [6.07, 6.45) is 2.21. The highest BCUT2D eigenvalue weighted by Crippen LogP contribution is 2.71. The van der Waals surface area contributed by atoms with Crippen molar-refractivity contribution in [3.8, 4) is 11.1 Å². The van der Waals surface area contributed by atoms with Crippen molar-refractivity contribution >= 4 is 45.3 Å². The lowest BCUT2D eigenvalue weighted by Crippen LogP contribution is -2.87. The molecule has 0 amide bonds. The summed E-state index contributed by atoms with van der Waals surface area (Å²) in [6, 6.07) is 17.1. The van der Waals surface area contributed by atoms with E-state index in [4.69, 9.17) is 0 Å². The van der Waals surface area contributed by atoms with E-state index in [1.165, 1.54) is 6.07 Å². The highest BCUT2D eigenvalue weighted by Gasteiger charge is 2.74. The molecule has 12 heteroatoms. The molecule has 298 valence electrons. The van der Waals surface area contributed by atoms with Crippen molar-refractivity contribution in [1.82, 2.24) is 0 Å². The minimum absolute atomic E-state index is 0.238. The second kappa shape index (κ2) is 13.9. The summed E-state index contributed by atoms with van der Waals surface area (Å²) < 4.78 is 164. The van der Waals surface area contributed by atoms with E-state index >= 15 is 43.9 Å². The van der Waals surface area contributed by atoms with E-state index < -0.39 is 82.1 Å². The third kappa shape index (κ3) is 5.07. The number of hydrogen-bond donors (Lipinski definition) is 0. The average molecular weight is 821 g/mol. The van der Waals surface area contributed by atoms with E-state index in [0.29, 0.717) is 74.1 Å². The van der Waals surface area contributed by atoms with Crippen molar-refractivity contribution in [2.24, 2.45) is 0 Å². The number of fused-ring (bicyclic) bond motifs is 3. The van der Waals surface area contributed by atoms with E-state index in [9.17, 15) is 0 Å². The summed E-state index contributed by atoms with van der Waals surface area (Å²) in [5.74, 6) is -28.8. The van der Waals surface area contributed by atoms with Crippen molar-refractivity contribution in [1.29, 1.82) is 0 Å². The van der Waals surface area contributed by atoms with Gasteiger partial charge in [0.25, 0.3) is 5.87 Å². The molecule has 1 aliphatic heterocycles. The van der Waals surface area contributed by atoms with Crippen LogP contribution in [0.5, 0.6) is 0 Å². The van der Waals surface area contributed by atoms with Crippen LogP contribution in [-0.2, 0) is 12.8 Å². The van der Waals surface area contributed by atoms with Gasteiger partial charge in [0.2, 0.25) is 0 Å². The van der Waals surface area contributed by atoms with Crippen LogP contribution in [0.15, 0.2) is 60.7 Å². The van der Waals surface area contributed by atoms with Crippen LogP contribution in [0.2, 0.25) is 0 Å². The molecule has 0 radical (unpaired) electrons. The van der Waals surface area contributed by atoms with Gasteiger partial charge in [-0.15, -0.1) is 5.46 Å². The molecule has 1 heterocycles. The van der Waals surface area contributed by atoms with Gasteiger partial charge in [0.1, 0.15) is 23.3 Å². The third-order valence-electron chi connectivity index (χ3n) is 12.4. The van der Waals surface area contributed by atoms with Gasteiger partial charge in [-0.05, 0) is 119 Å². The molecule has 6 aromatic carbocycles. The zero-order valence-electron chi connectivity index (χ0n) is 32.4. The van der Waals surface area contributed by atoms with Gasteiger partial charge in [-0.2, -0.15) is 0 Å². The lowest BCUT2D eigenvalue weighted by molar-refractivity contribution is 0.382. The van der Waals surface area contributed by atoms with Crippen LogP contribution in [0.3, 0.4) is 0 Å². The summed E-state index contributed by atoms with van der Waals surface area (Å²) in [6.45, 7) is 10.3. The summed E-state index contributed by atoms with van der Waals surface area (Å²) in [4.78, 5) is 0. The van der Waals surface area contributed by atoms with Gasteiger partial charge < -0.3 is 0 Å². The van der Waals surface area contributed by atoms with Crippen molar-refractivity contribution < 1.29 is 43.9 Å². The van der Waals surface area contributed by atoms with Gasteiger partial charge in [0, 0.05) is 5.30 Å². The molecule has 0 spiro atoms. The first-order chi connectivity index (χ1) is 27.4. The Labute approximate surface area is 330 Å². The molecule has 58 heavy (non-hydrogen) atoms. The number of halogens is 10. The van der Waals surface area contributed by atoms with Crippen LogP contribution in [-0.4, -0.2) is 5.87 Å². The van der Waals surface area contributed by atoms with Gasteiger partial charge in [-0.3, -0.25) is 0 Å². The highest BCUT2D eigenvalue weighted by molar-refractivity contribution is 8.30. The number of aryl methyl sites for hydroxylation is 6. The van der Waals surface area contributed by atoms with Crippen LogP contribution in [0.25, 0.3) is 11.1 Å². The summed E-state index contributed by atoms with van der Waals surface area (Å²) in [7, 11) is -4.44. The van der Waals surface area contributed by atoms with Crippen LogP contribution >= 0.6 is 7.14 Å². The maximum Gasteiger partial charge on any atom is 0.277 e.